The van der Waals surface area contributed by atoms with Crippen molar-refractivity contribution in [2.75, 3.05) is 0 Å². The van der Waals surface area contributed by atoms with Crippen LogP contribution in [0.5, 0.6) is 0 Å². The first kappa shape index (κ1) is 13.0. The second-order valence-corrected chi connectivity index (χ2v) is 4.90. The fourth-order valence-corrected chi connectivity index (χ4v) is 2.33. The van der Waals surface area contributed by atoms with Gasteiger partial charge in [-0.1, -0.05) is 23.8 Å². The Balaban J connectivity index is 2.69. The Bertz CT molecular complexity index is 643. The number of pyridine rings is 1. The van der Waals surface area contributed by atoms with Gasteiger partial charge in [-0.2, -0.15) is 12.6 Å². The van der Waals surface area contributed by atoms with E-state index in [4.69, 9.17) is 0 Å². The third kappa shape index (κ3) is 2.23. The predicted molar refractivity (Wildman–Crippen MR) is 79.3 cm³/mol. The van der Waals surface area contributed by atoms with Gasteiger partial charge in [-0.3, -0.25) is 4.79 Å². The normalized spacial score (nSPS) is 10.7. The van der Waals surface area contributed by atoms with Crippen molar-refractivity contribution in [3.8, 4) is 11.3 Å². The van der Waals surface area contributed by atoms with E-state index in [-0.39, 0.29) is 5.56 Å². The minimum atomic E-state index is 0.0309. The molecule has 0 bridgehead atoms. The average Bonchev–Trinajstić information content (AvgIpc) is 2.36. The Kier molecular flexibility index (Phi) is 3.62. The lowest BCUT2D eigenvalue weighted by atomic mass is 10.0. The Morgan fingerprint density at radius 2 is 1.89 bits per heavy atom. The predicted octanol–water partition coefficient (Wildman–Crippen LogP) is 3.10. The zero-order chi connectivity index (χ0) is 13.3. The molecule has 0 unspecified atom stereocenters. The van der Waals surface area contributed by atoms with E-state index in [1.54, 1.807) is 4.57 Å². The number of rotatable bonds is 2. The molecule has 0 saturated heterocycles. The SMILES string of the molecule is Cc1ccc(C)c(-c2ccc(CS)c(=O)n2C)c1. The van der Waals surface area contributed by atoms with Gasteiger partial charge in [0.15, 0.2) is 0 Å². The van der Waals surface area contributed by atoms with Gasteiger partial charge in [0.05, 0.1) is 5.69 Å². The van der Waals surface area contributed by atoms with E-state index in [0.29, 0.717) is 5.75 Å². The summed E-state index contributed by atoms with van der Waals surface area (Å²) < 4.78 is 1.70. The molecule has 0 radical (unpaired) electrons. The van der Waals surface area contributed by atoms with Gasteiger partial charge in [0.25, 0.3) is 5.56 Å². The molecule has 0 N–H and O–H groups in total. The first-order valence-electron chi connectivity index (χ1n) is 5.92. The second-order valence-electron chi connectivity index (χ2n) is 4.58. The van der Waals surface area contributed by atoms with Crippen molar-refractivity contribution in [3.63, 3.8) is 0 Å². The summed E-state index contributed by atoms with van der Waals surface area (Å²) in [5.74, 6) is 0.472. The summed E-state index contributed by atoms with van der Waals surface area (Å²) in [7, 11) is 1.81. The highest BCUT2D eigenvalue weighted by Gasteiger charge is 2.08. The van der Waals surface area contributed by atoms with Gasteiger partial charge in [0, 0.05) is 23.9 Å². The minimum absolute atomic E-state index is 0.0309. The molecule has 0 fully saturated rings. The van der Waals surface area contributed by atoms with Gasteiger partial charge in [-0.25, -0.2) is 0 Å². The molecule has 1 heterocycles. The van der Waals surface area contributed by atoms with Crippen molar-refractivity contribution in [1.82, 2.24) is 4.57 Å². The molecule has 94 valence electrons. The van der Waals surface area contributed by atoms with Crippen LogP contribution in [-0.2, 0) is 12.8 Å². The maximum absolute atomic E-state index is 12.1. The van der Waals surface area contributed by atoms with Gasteiger partial charge in [0.2, 0.25) is 0 Å². The third-order valence-electron chi connectivity index (χ3n) is 3.22. The molecule has 0 atom stereocenters. The molecule has 1 aromatic heterocycles. The molecule has 0 saturated carbocycles. The second kappa shape index (κ2) is 5.02. The van der Waals surface area contributed by atoms with Gasteiger partial charge in [-0.15, -0.1) is 0 Å². The topological polar surface area (TPSA) is 22.0 Å². The van der Waals surface area contributed by atoms with E-state index < -0.39 is 0 Å². The van der Waals surface area contributed by atoms with Crippen LogP contribution in [0, 0.1) is 13.8 Å². The summed E-state index contributed by atoms with van der Waals surface area (Å²) in [6, 6.07) is 10.1. The van der Waals surface area contributed by atoms with Crippen molar-refractivity contribution in [1.29, 1.82) is 0 Å². The van der Waals surface area contributed by atoms with Crippen molar-refractivity contribution in [2.45, 2.75) is 19.6 Å². The number of benzene rings is 1. The van der Waals surface area contributed by atoms with Crippen LogP contribution in [-0.4, -0.2) is 4.57 Å². The largest absolute Gasteiger partial charge is 0.311 e. The Morgan fingerprint density at radius 3 is 2.56 bits per heavy atom. The number of hydrogen-bond acceptors (Lipinski definition) is 2. The maximum atomic E-state index is 12.1. The molecule has 2 rings (SSSR count). The summed E-state index contributed by atoms with van der Waals surface area (Å²) in [6.45, 7) is 4.12. The summed E-state index contributed by atoms with van der Waals surface area (Å²) in [4.78, 5) is 12.1. The van der Waals surface area contributed by atoms with Gasteiger partial charge in [-0.05, 0) is 31.5 Å². The molecule has 2 aromatic rings. The number of nitrogens with zero attached hydrogens (tertiary/aromatic N) is 1. The fourth-order valence-electron chi connectivity index (χ4n) is 2.09. The molecule has 0 amide bonds. The number of aryl methyl sites for hydroxylation is 2. The van der Waals surface area contributed by atoms with Crippen LogP contribution in [0.25, 0.3) is 11.3 Å². The van der Waals surface area contributed by atoms with E-state index in [0.717, 1.165) is 16.8 Å². The van der Waals surface area contributed by atoms with Gasteiger partial charge >= 0.3 is 0 Å². The number of thiol groups is 1. The van der Waals surface area contributed by atoms with E-state index in [9.17, 15) is 4.79 Å². The van der Waals surface area contributed by atoms with Crippen molar-refractivity contribution >= 4 is 12.6 Å². The highest BCUT2D eigenvalue weighted by atomic mass is 32.1. The summed E-state index contributed by atoms with van der Waals surface area (Å²) >= 11 is 4.17. The van der Waals surface area contributed by atoms with Crippen LogP contribution < -0.4 is 5.56 Å². The monoisotopic (exact) mass is 259 g/mol. The molecule has 3 heteroatoms. The minimum Gasteiger partial charge on any atom is -0.311 e. The summed E-state index contributed by atoms with van der Waals surface area (Å²) in [5, 5.41) is 0. The van der Waals surface area contributed by atoms with Crippen LogP contribution in [0.3, 0.4) is 0 Å². The number of hydrogen-bond donors (Lipinski definition) is 1. The van der Waals surface area contributed by atoms with Crippen LogP contribution in [0.2, 0.25) is 0 Å². The van der Waals surface area contributed by atoms with E-state index in [2.05, 4.69) is 44.7 Å². The molecule has 0 aliphatic heterocycles. The standard InChI is InChI=1S/C15H17NOS/c1-10-4-5-11(2)13(8-10)14-7-6-12(9-18)15(17)16(14)3/h4-8,18H,9H2,1-3H3. The molecular formula is C15H17NOS. The first-order valence-corrected chi connectivity index (χ1v) is 6.55. The first-order chi connectivity index (χ1) is 8.54. The van der Waals surface area contributed by atoms with E-state index in [1.165, 1.54) is 11.1 Å². The molecular weight excluding hydrogens is 242 g/mol. The molecule has 18 heavy (non-hydrogen) atoms. The van der Waals surface area contributed by atoms with E-state index >= 15 is 0 Å². The van der Waals surface area contributed by atoms with Crippen LogP contribution in [0.4, 0.5) is 0 Å². The Morgan fingerprint density at radius 1 is 1.17 bits per heavy atom. The highest BCUT2D eigenvalue weighted by molar-refractivity contribution is 7.79. The van der Waals surface area contributed by atoms with Gasteiger partial charge < -0.3 is 4.57 Å². The number of aromatic nitrogens is 1. The quantitative estimate of drug-likeness (QED) is 0.822. The molecule has 0 aliphatic rings. The molecule has 0 aliphatic carbocycles. The lowest BCUT2D eigenvalue weighted by Gasteiger charge is -2.13. The van der Waals surface area contributed by atoms with Gasteiger partial charge in [0.1, 0.15) is 0 Å². The highest BCUT2D eigenvalue weighted by Crippen LogP contribution is 2.23. The van der Waals surface area contributed by atoms with Crippen LogP contribution in [0.1, 0.15) is 16.7 Å². The van der Waals surface area contributed by atoms with Crippen molar-refractivity contribution in [2.24, 2.45) is 7.05 Å². The van der Waals surface area contributed by atoms with Crippen LogP contribution >= 0.6 is 12.6 Å². The fraction of sp³-hybridized carbons (Fsp3) is 0.267. The zero-order valence-corrected chi connectivity index (χ0v) is 11.8. The lowest BCUT2D eigenvalue weighted by molar-refractivity contribution is 0.856. The van der Waals surface area contributed by atoms with Crippen LogP contribution in [0.15, 0.2) is 35.1 Å². The average molecular weight is 259 g/mol. The smallest absolute Gasteiger partial charge is 0.254 e. The summed E-state index contributed by atoms with van der Waals surface area (Å²) in [5.41, 5.74) is 5.20. The molecule has 1 aromatic carbocycles. The van der Waals surface area contributed by atoms with Crippen molar-refractivity contribution in [3.05, 3.63) is 57.4 Å². The zero-order valence-electron chi connectivity index (χ0n) is 10.9. The third-order valence-corrected chi connectivity index (χ3v) is 3.56. The maximum Gasteiger partial charge on any atom is 0.254 e. The Labute approximate surface area is 113 Å². The lowest BCUT2D eigenvalue weighted by Crippen LogP contribution is -2.21. The van der Waals surface area contributed by atoms with Crippen molar-refractivity contribution < 1.29 is 0 Å². The molecule has 2 nitrogen and oxygen atoms in total. The Hall–Kier alpha value is -1.48. The van der Waals surface area contributed by atoms with E-state index in [1.807, 2.05) is 19.2 Å². The summed E-state index contributed by atoms with van der Waals surface area (Å²) in [6.07, 6.45) is 0. The molecule has 0 spiro atoms.